The van der Waals surface area contributed by atoms with Gasteiger partial charge in [-0.25, -0.2) is 4.98 Å². The molecule has 146 valence electrons. The summed E-state index contributed by atoms with van der Waals surface area (Å²) in [6.45, 7) is 6.82. The normalized spacial score (nSPS) is 12.1. The molecule has 2 aromatic carbocycles. The van der Waals surface area contributed by atoms with Gasteiger partial charge in [-0.2, -0.15) is 0 Å². The molecule has 1 N–H and O–H groups in total. The van der Waals surface area contributed by atoms with Crippen LogP contribution in [0.15, 0.2) is 66.9 Å². The molecule has 5 nitrogen and oxygen atoms in total. The summed E-state index contributed by atoms with van der Waals surface area (Å²) in [5.74, 6) is 0.753. The minimum Gasteiger partial charge on any atom is -0.342 e. The monoisotopic (exact) mass is 384 g/mol. The maximum absolute atomic E-state index is 13.1. The van der Waals surface area contributed by atoms with Crippen molar-refractivity contribution >= 4 is 16.9 Å². The summed E-state index contributed by atoms with van der Waals surface area (Å²) in [4.78, 5) is 22.3. The minimum absolute atomic E-state index is 0.109. The Morgan fingerprint density at radius 1 is 1.07 bits per heavy atom. The number of carbonyl (C=O) groups is 1. The van der Waals surface area contributed by atoms with Gasteiger partial charge in [-0.15, -0.1) is 0 Å². The first-order valence-electron chi connectivity index (χ1n) is 9.87. The van der Waals surface area contributed by atoms with Crippen molar-refractivity contribution in [1.29, 1.82) is 0 Å². The fourth-order valence-corrected chi connectivity index (χ4v) is 3.78. The van der Waals surface area contributed by atoms with Gasteiger partial charge in [-0.1, -0.05) is 30.3 Å². The highest BCUT2D eigenvalue weighted by molar-refractivity contribution is 5.97. The van der Waals surface area contributed by atoms with Gasteiger partial charge in [0.1, 0.15) is 5.82 Å². The zero-order valence-corrected chi connectivity index (χ0v) is 16.9. The Morgan fingerprint density at radius 3 is 2.62 bits per heavy atom. The predicted octanol–water partition coefficient (Wildman–Crippen LogP) is 4.92. The fraction of sp³-hybridized carbons (Fsp3) is 0.208. The standard InChI is InChI=1S/C24H24N4O/c1-4-28-22-14-6-5-13-21(22)27-23(28)17(3)26-24(29)19-11-9-10-18(16(19)2)20-12-7-8-15-25-20/h5-15,17H,4H2,1-3H3,(H,26,29). The highest BCUT2D eigenvalue weighted by Crippen LogP contribution is 2.25. The number of nitrogens with one attached hydrogen (secondary N) is 1. The molecule has 4 rings (SSSR count). The number of nitrogens with zero attached hydrogens (tertiary/aromatic N) is 3. The van der Waals surface area contributed by atoms with E-state index in [1.807, 2.05) is 68.4 Å². The van der Waals surface area contributed by atoms with E-state index in [9.17, 15) is 4.79 Å². The molecule has 0 aliphatic heterocycles. The second kappa shape index (κ2) is 7.87. The van der Waals surface area contributed by atoms with Crippen molar-refractivity contribution in [2.75, 3.05) is 0 Å². The molecule has 1 amide bonds. The van der Waals surface area contributed by atoms with Crippen LogP contribution in [0, 0.1) is 6.92 Å². The zero-order valence-electron chi connectivity index (χ0n) is 16.9. The highest BCUT2D eigenvalue weighted by atomic mass is 16.1. The average molecular weight is 384 g/mol. The number of hydrogen-bond acceptors (Lipinski definition) is 3. The SMILES string of the molecule is CCn1c(C(C)NC(=O)c2cccc(-c3ccccn3)c2C)nc2ccccc21. The van der Waals surface area contributed by atoms with E-state index in [0.717, 1.165) is 40.2 Å². The smallest absolute Gasteiger partial charge is 0.252 e. The molecule has 0 aliphatic rings. The van der Waals surface area contributed by atoms with Crippen LogP contribution in [0.4, 0.5) is 0 Å². The molecule has 0 aliphatic carbocycles. The van der Waals surface area contributed by atoms with Gasteiger partial charge in [0, 0.05) is 23.9 Å². The van der Waals surface area contributed by atoms with Gasteiger partial charge < -0.3 is 9.88 Å². The molecular formula is C24H24N4O. The quantitative estimate of drug-likeness (QED) is 0.531. The number of amides is 1. The topological polar surface area (TPSA) is 59.8 Å². The van der Waals surface area contributed by atoms with E-state index >= 15 is 0 Å². The Bertz CT molecular complexity index is 1160. The van der Waals surface area contributed by atoms with Crippen LogP contribution < -0.4 is 5.32 Å². The molecule has 0 radical (unpaired) electrons. The van der Waals surface area contributed by atoms with E-state index in [0.29, 0.717) is 5.56 Å². The molecule has 4 aromatic rings. The first-order chi connectivity index (χ1) is 14.1. The molecule has 1 unspecified atom stereocenters. The van der Waals surface area contributed by atoms with Gasteiger partial charge >= 0.3 is 0 Å². The molecular weight excluding hydrogens is 360 g/mol. The average Bonchev–Trinajstić information content (AvgIpc) is 3.13. The molecule has 29 heavy (non-hydrogen) atoms. The van der Waals surface area contributed by atoms with Crippen molar-refractivity contribution in [2.45, 2.75) is 33.4 Å². The number of rotatable bonds is 5. The van der Waals surface area contributed by atoms with Gasteiger partial charge in [0.25, 0.3) is 5.91 Å². The minimum atomic E-state index is -0.215. The summed E-state index contributed by atoms with van der Waals surface area (Å²) in [5, 5.41) is 3.12. The maximum atomic E-state index is 13.1. The van der Waals surface area contributed by atoms with Crippen molar-refractivity contribution in [2.24, 2.45) is 0 Å². The maximum Gasteiger partial charge on any atom is 0.252 e. The molecule has 0 bridgehead atoms. The summed E-state index contributed by atoms with van der Waals surface area (Å²) < 4.78 is 2.15. The summed E-state index contributed by atoms with van der Waals surface area (Å²) in [7, 11) is 0. The van der Waals surface area contributed by atoms with Crippen LogP contribution in [-0.4, -0.2) is 20.4 Å². The Kier molecular flexibility index (Phi) is 5.12. The number of benzene rings is 2. The lowest BCUT2D eigenvalue weighted by Crippen LogP contribution is -2.29. The third kappa shape index (κ3) is 3.51. The van der Waals surface area contributed by atoms with Gasteiger partial charge in [0.05, 0.1) is 22.8 Å². The number of aromatic nitrogens is 3. The van der Waals surface area contributed by atoms with Crippen LogP contribution in [0.3, 0.4) is 0 Å². The largest absolute Gasteiger partial charge is 0.342 e. The summed E-state index contributed by atoms with van der Waals surface area (Å²) in [6.07, 6.45) is 1.76. The van der Waals surface area contributed by atoms with Gasteiger partial charge in [-0.05, 0) is 56.7 Å². The lowest BCUT2D eigenvalue weighted by molar-refractivity contribution is 0.0937. The molecule has 2 heterocycles. The van der Waals surface area contributed by atoms with Crippen molar-refractivity contribution < 1.29 is 4.79 Å². The van der Waals surface area contributed by atoms with Crippen molar-refractivity contribution in [3.05, 3.63) is 83.8 Å². The van der Waals surface area contributed by atoms with Gasteiger partial charge in [0.15, 0.2) is 0 Å². The van der Waals surface area contributed by atoms with E-state index < -0.39 is 0 Å². The van der Waals surface area contributed by atoms with Gasteiger partial charge in [0.2, 0.25) is 0 Å². The number of imidazole rings is 1. The first kappa shape index (κ1) is 18.9. The number of para-hydroxylation sites is 2. The molecule has 5 heteroatoms. The number of carbonyl (C=O) groups excluding carboxylic acids is 1. The Labute approximate surface area is 170 Å². The lowest BCUT2D eigenvalue weighted by atomic mass is 9.99. The fourth-order valence-electron chi connectivity index (χ4n) is 3.78. The van der Waals surface area contributed by atoms with E-state index in [1.165, 1.54) is 0 Å². The summed E-state index contributed by atoms with van der Waals surface area (Å²) >= 11 is 0. The number of hydrogen-bond donors (Lipinski definition) is 1. The third-order valence-corrected chi connectivity index (χ3v) is 5.25. The molecule has 0 saturated heterocycles. The first-order valence-corrected chi connectivity index (χ1v) is 9.87. The number of pyridine rings is 1. The summed E-state index contributed by atoms with van der Waals surface area (Å²) in [5.41, 5.74) is 5.42. The van der Waals surface area contributed by atoms with Crippen LogP contribution in [0.25, 0.3) is 22.3 Å². The molecule has 0 fully saturated rings. The van der Waals surface area contributed by atoms with Crippen molar-refractivity contribution in [3.63, 3.8) is 0 Å². The van der Waals surface area contributed by atoms with Crippen LogP contribution in [0.2, 0.25) is 0 Å². The van der Waals surface area contributed by atoms with E-state index in [2.05, 4.69) is 27.9 Å². The van der Waals surface area contributed by atoms with Crippen LogP contribution in [-0.2, 0) is 6.54 Å². The zero-order chi connectivity index (χ0) is 20.4. The van der Waals surface area contributed by atoms with Crippen LogP contribution in [0.1, 0.15) is 41.6 Å². The lowest BCUT2D eigenvalue weighted by Gasteiger charge is -2.17. The highest BCUT2D eigenvalue weighted by Gasteiger charge is 2.20. The molecule has 0 saturated carbocycles. The number of aryl methyl sites for hydroxylation is 1. The van der Waals surface area contributed by atoms with E-state index in [1.54, 1.807) is 6.20 Å². The summed E-state index contributed by atoms with van der Waals surface area (Å²) in [6, 6.07) is 19.4. The predicted molar refractivity (Wildman–Crippen MR) is 116 cm³/mol. The van der Waals surface area contributed by atoms with Crippen molar-refractivity contribution in [3.8, 4) is 11.3 Å². The molecule has 2 aromatic heterocycles. The van der Waals surface area contributed by atoms with Crippen LogP contribution >= 0.6 is 0 Å². The van der Waals surface area contributed by atoms with Gasteiger partial charge in [-0.3, -0.25) is 9.78 Å². The van der Waals surface area contributed by atoms with Crippen LogP contribution in [0.5, 0.6) is 0 Å². The Morgan fingerprint density at radius 2 is 1.86 bits per heavy atom. The van der Waals surface area contributed by atoms with E-state index in [4.69, 9.17) is 4.98 Å². The second-order valence-electron chi connectivity index (χ2n) is 7.09. The Balaban J connectivity index is 1.64. The van der Waals surface area contributed by atoms with Crippen molar-refractivity contribution in [1.82, 2.24) is 19.9 Å². The third-order valence-electron chi connectivity index (χ3n) is 5.25. The molecule has 1 atom stereocenters. The number of fused-ring (bicyclic) bond motifs is 1. The van der Waals surface area contributed by atoms with E-state index in [-0.39, 0.29) is 11.9 Å². The molecule has 0 spiro atoms. The Hall–Kier alpha value is -3.47. The second-order valence-corrected chi connectivity index (χ2v) is 7.09.